The second-order valence-electron chi connectivity index (χ2n) is 5.94. The molecular weight excluding hydrogens is 314 g/mol. The van der Waals surface area contributed by atoms with Gasteiger partial charge in [0.15, 0.2) is 0 Å². The van der Waals surface area contributed by atoms with Gasteiger partial charge in [-0.25, -0.2) is 0 Å². The molecule has 1 aliphatic rings. The first-order valence-electron chi connectivity index (χ1n) is 7.20. The highest BCUT2D eigenvalue weighted by molar-refractivity contribution is 6.31. The van der Waals surface area contributed by atoms with E-state index in [1.54, 1.807) is 29.4 Å². The van der Waals surface area contributed by atoms with E-state index in [-0.39, 0.29) is 5.91 Å². The predicted molar refractivity (Wildman–Crippen MR) is 88.4 cm³/mol. The molecule has 0 aliphatic carbocycles. The Morgan fingerprint density at radius 2 is 2.09 bits per heavy atom. The number of carbonyl (C=O) groups excluding carboxylic acids is 2. The summed E-state index contributed by atoms with van der Waals surface area (Å²) in [6.45, 7) is 4.32. The molecule has 1 aromatic heterocycles. The maximum Gasteiger partial charge on any atom is 0.259 e. The van der Waals surface area contributed by atoms with Crippen molar-refractivity contribution >= 4 is 29.6 Å². The molecule has 2 amide bonds. The van der Waals surface area contributed by atoms with Crippen LogP contribution in [0.3, 0.4) is 0 Å². The first-order valence-corrected chi connectivity index (χ1v) is 7.58. The molecule has 23 heavy (non-hydrogen) atoms. The van der Waals surface area contributed by atoms with Crippen molar-refractivity contribution in [2.24, 2.45) is 0 Å². The van der Waals surface area contributed by atoms with Gasteiger partial charge in [0, 0.05) is 23.3 Å². The number of amides is 2. The fourth-order valence-corrected chi connectivity index (χ4v) is 3.17. The minimum absolute atomic E-state index is 0.0797. The third kappa shape index (κ3) is 2.57. The van der Waals surface area contributed by atoms with Crippen LogP contribution in [-0.4, -0.2) is 17.3 Å². The molecule has 0 fully saturated rings. The molecule has 0 spiro atoms. The van der Waals surface area contributed by atoms with E-state index in [2.05, 4.69) is 10.3 Å². The Kier molecular flexibility index (Phi) is 3.82. The van der Waals surface area contributed by atoms with E-state index in [9.17, 15) is 9.59 Å². The summed E-state index contributed by atoms with van der Waals surface area (Å²) >= 11 is 6.09. The fourth-order valence-electron chi connectivity index (χ4n) is 3.00. The van der Waals surface area contributed by atoms with Gasteiger partial charge in [-0.05, 0) is 49.2 Å². The van der Waals surface area contributed by atoms with Crippen molar-refractivity contribution < 1.29 is 9.59 Å². The van der Waals surface area contributed by atoms with Gasteiger partial charge in [0.25, 0.3) is 5.91 Å². The maximum absolute atomic E-state index is 12.8. The summed E-state index contributed by atoms with van der Waals surface area (Å²) in [4.78, 5) is 29.2. The van der Waals surface area contributed by atoms with Crippen molar-refractivity contribution in [2.75, 3.05) is 4.90 Å². The zero-order valence-corrected chi connectivity index (χ0v) is 13.6. The van der Waals surface area contributed by atoms with Gasteiger partial charge in [-0.15, -0.1) is 0 Å². The molecule has 0 unspecified atom stereocenters. The van der Waals surface area contributed by atoms with Crippen LogP contribution in [0.1, 0.15) is 35.3 Å². The topological polar surface area (TPSA) is 62.3 Å². The summed E-state index contributed by atoms with van der Waals surface area (Å²) in [5.74, 6) is -0.0797. The third-order valence-corrected chi connectivity index (χ3v) is 4.30. The molecule has 0 radical (unpaired) electrons. The van der Waals surface area contributed by atoms with Crippen molar-refractivity contribution in [2.45, 2.75) is 25.9 Å². The number of halogens is 1. The minimum atomic E-state index is -0.532. The third-order valence-electron chi connectivity index (χ3n) is 4.06. The number of benzene rings is 1. The van der Waals surface area contributed by atoms with Crippen molar-refractivity contribution in [1.82, 2.24) is 10.3 Å². The van der Waals surface area contributed by atoms with E-state index in [1.165, 1.54) is 0 Å². The van der Waals surface area contributed by atoms with Crippen molar-refractivity contribution in [3.05, 3.63) is 58.4 Å². The van der Waals surface area contributed by atoms with Crippen molar-refractivity contribution in [3.63, 3.8) is 0 Å². The van der Waals surface area contributed by atoms with Gasteiger partial charge in [0.1, 0.15) is 0 Å². The van der Waals surface area contributed by atoms with Crippen LogP contribution in [0, 0.1) is 0 Å². The van der Waals surface area contributed by atoms with Crippen LogP contribution < -0.4 is 10.2 Å². The number of aromatic nitrogens is 1. The summed E-state index contributed by atoms with van der Waals surface area (Å²) in [6, 6.07) is 7.17. The molecule has 3 rings (SSSR count). The SMILES string of the molecule is CC1(C)c2cc(Cl)ccc2C(=O)N1c1cncc(CNC=O)c1. The second-order valence-corrected chi connectivity index (χ2v) is 6.38. The number of nitrogens with zero attached hydrogens (tertiary/aromatic N) is 2. The molecule has 1 N–H and O–H groups in total. The van der Waals surface area contributed by atoms with E-state index in [4.69, 9.17) is 11.6 Å². The number of hydrogen-bond donors (Lipinski definition) is 1. The molecule has 0 bridgehead atoms. The fraction of sp³-hybridized carbons (Fsp3) is 0.235. The predicted octanol–water partition coefficient (Wildman–Crippen LogP) is 2.88. The molecule has 0 saturated heterocycles. The Morgan fingerprint density at radius 1 is 1.30 bits per heavy atom. The van der Waals surface area contributed by atoms with E-state index >= 15 is 0 Å². The standard InChI is InChI=1S/C17H16ClN3O2/c1-17(2)15-6-12(18)3-4-14(15)16(23)21(17)13-5-11(7-19-9-13)8-20-10-22/h3-7,9-10H,8H2,1-2H3,(H,20,22). The van der Waals surface area contributed by atoms with Gasteiger partial charge in [-0.1, -0.05) is 11.6 Å². The van der Waals surface area contributed by atoms with Crippen LogP contribution in [-0.2, 0) is 16.9 Å². The van der Waals surface area contributed by atoms with Crippen molar-refractivity contribution in [3.8, 4) is 0 Å². The monoisotopic (exact) mass is 329 g/mol. The minimum Gasteiger partial charge on any atom is -0.355 e. The van der Waals surface area contributed by atoms with Crippen molar-refractivity contribution in [1.29, 1.82) is 0 Å². The highest BCUT2D eigenvalue weighted by Crippen LogP contribution is 2.42. The van der Waals surface area contributed by atoms with Gasteiger partial charge in [0.2, 0.25) is 6.41 Å². The Bertz CT molecular complexity index is 789. The van der Waals surface area contributed by atoms with E-state index in [0.29, 0.717) is 29.2 Å². The van der Waals surface area contributed by atoms with E-state index < -0.39 is 5.54 Å². The summed E-state index contributed by atoms with van der Waals surface area (Å²) in [6.07, 6.45) is 3.95. The number of carbonyl (C=O) groups is 2. The molecule has 2 aromatic rings. The van der Waals surface area contributed by atoms with Crippen LogP contribution in [0.5, 0.6) is 0 Å². The van der Waals surface area contributed by atoms with Crippen LogP contribution in [0.25, 0.3) is 0 Å². The number of rotatable bonds is 4. The summed E-state index contributed by atoms with van der Waals surface area (Å²) in [5, 5.41) is 3.20. The highest BCUT2D eigenvalue weighted by atomic mass is 35.5. The number of hydrogen-bond acceptors (Lipinski definition) is 3. The lowest BCUT2D eigenvalue weighted by Gasteiger charge is -2.32. The smallest absolute Gasteiger partial charge is 0.259 e. The quantitative estimate of drug-likeness (QED) is 0.877. The van der Waals surface area contributed by atoms with E-state index in [1.807, 2.05) is 26.0 Å². The average Bonchev–Trinajstić information content (AvgIpc) is 2.72. The highest BCUT2D eigenvalue weighted by Gasteiger charge is 2.44. The zero-order valence-electron chi connectivity index (χ0n) is 12.8. The molecule has 0 saturated carbocycles. The van der Waals surface area contributed by atoms with E-state index in [0.717, 1.165) is 11.1 Å². The molecule has 6 heteroatoms. The number of nitrogens with one attached hydrogen (secondary N) is 1. The summed E-state index contributed by atoms with van der Waals surface area (Å²) in [5.41, 5.74) is 2.53. The molecule has 1 aromatic carbocycles. The van der Waals surface area contributed by atoms with Gasteiger partial charge < -0.3 is 5.32 Å². The Balaban J connectivity index is 2.04. The molecule has 118 valence electrons. The van der Waals surface area contributed by atoms with Crippen LogP contribution in [0.4, 0.5) is 5.69 Å². The summed E-state index contributed by atoms with van der Waals surface area (Å²) in [7, 11) is 0. The van der Waals surface area contributed by atoms with Gasteiger partial charge in [-0.2, -0.15) is 0 Å². The van der Waals surface area contributed by atoms with Crippen LogP contribution in [0.2, 0.25) is 5.02 Å². The molecular formula is C17H16ClN3O2. The number of fused-ring (bicyclic) bond motifs is 1. The number of pyridine rings is 1. The Labute approximate surface area is 139 Å². The largest absolute Gasteiger partial charge is 0.355 e. The van der Waals surface area contributed by atoms with Gasteiger partial charge in [0.05, 0.1) is 17.4 Å². The lowest BCUT2D eigenvalue weighted by molar-refractivity contribution is -0.109. The number of anilines is 1. The first kappa shape index (κ1) is 15.5. The van der Waals surface area contributed by atoms with Crippen LogP contribution >= 0.6 is 11.6 Å². The zero-order chi connectivity index (χ0) is 16.6. The summed E-state index contributed by atoms with van der Waals surface area (Å²) < 4.78 is 0. The molecule has 5 nitrogen and oxygen atoms in total. The Hall–Kier alpha value is -2.40. The van der Waals surface area contributed by atoms with Gasteiger partial charge >= 0.3 is 0 Å². The average molecular weight is 330 g/mol. The first-order chi connectivity index (χ1) is 10.9. The molecule has 1 aliphatic heterocycles. The van der Waals surface area contributed by atoms with Gasteiger partial charge in [-0.3, -0.25) is 19.5 Å². The Morgan fingerprint density at radius 3 is 2.83 bits per heavy atom. The lowest BCUT2D eigenvalue weighted by Crippen LogP contribution is -2.39. The maximum atomic E-state index is 12.8. The molecule has 2 heterocycles. The van der Waals surface area contributed by atoms with Crippen LogP contribution in [0.15, 0.2) is 36.7 Å². The normalized spacial score (nSPS) is 15.4. The molecule has 0 atom stereocenters. The lowest BCUT2D eigenvalue weighted by atomic mass is 9.93. The second kappa shape index (κ2) is 5.66.